The van der Waals surface area contributed by atoms with Crippen LogP contribution in [-0.2, 0) is 16.1 Å². The monoisotopic (exact) mass is 356 g/mol. The van der Waals surface area contributed by atoms with Gasteiger partial charge in [-0.05, 0) is 37.1 Å². The maximum atomic E-state index is 13.5. The van der Waals surface area contributed by atoms with Gasteiger partial charge in [-0.2, -0.15) is 5.10 Å². The van der Waals surface area contributed by atoms with E-state index < -0.39 is 18.5 Å². The van der Waals surface area contributed by atoms with Gasteiger partial charge in [0.2, 0.25) is 0 Å². The number of fused-ring (bicyclic) bond motifs is 1. The van der Waals surface area contributed by atoms with Crippen LogP contribution < -0.4 is 5.32 Å². The van der Waals surface area contributed by atoms with Gasteiger partial charge in [0.15, 0.2) is 12.3 Å². The van der Waals surface area contributed by atoms with Crippen molar-refractivity contribution in [2.45, 2.75) is 20.4 Å². The third-order valence-electron chi connectivity index (χ3n) is 3.83. The molecule has 0 aliphatic rings. The highest BCUT2D eigenvalue weighted by molar-refractivity contribution is 5.98. The topological polar surface area (TPSA) is 85.6 Å². The molecule has 2 heterocycles. The van der Waals surface area contributed by atoms with Crippen molar-refractivity contribution < 1.29 is 18.7 Å². The minimum absolute atomic E-state index is 0.144. The van der Waals surface area contributed by atoms with E-state index in [4.69, 9.17) is 4.74 Å². The van der Waals surface area contributed by atoms with Crippen molar-refractivity contribution >= 4 is 17.5 Å². The first-order valence-corrected chi connectivity index (χ1v) is 7.94. The number of benzene rings is 1. The van der Waals surface area contributed by atoms with Gasteiger partial charge in [0.25, 0.3) is 5.91 Å². The van der Waals surface area contributed by atoms with Crippen molar-refractivity contribution in [2.24, 2.45) is 0 Å². The maximum Gasteiger partial charge on any atom is 0.344 e. The molecule has 0 spiro atoms. The molecule has 2 aromatic heterocycles. The zero-order valence-electron chi connectivity index (χ0n) is 14.3. The summed E-state index contributed by atoms with van der Waals surface area (Å²) in [5, 5.41) is 6.75. The molecule has 0 unspecified atom stereocenters. The van der Waals surface area contributed by atoms with Crippen LogP contribution in [0.25, 0.3) is 5.65 Å². The number of carbonyl (C=O) groups excluding carboxylic acids is 2. The smallest absolute Gasteiger partial charge is 0.344 e. The molecular formula is C18H17FN4O3. The normalized spacial score (nSPS) is 10.7. The number of esters is 1. The first-order chi connectivity index (χ1) is 12.5. The number of ether oxygens (including phenoxy) is 1. The van der Waals surface area contributed by atoms with Gasteiger partial charge in [-0.15, -0.1) is 0 Å². The van der Waals surface area contributed by atoms with Crippen molar-refractivity contribution in [3.63, 3.8) is 0 Å². The molecule has 3 aromatic rings. The number of hydrogen-bond donors (Lipinski definition) is 1. The van der Waals surface area contributed by atoms with Gasteiger partial charge in [-0.1, -0.05) is 12.1 Å². The van der Waals surface area contributed by atoms with Crippen LogP contribution in [0.15, 0.2) is 36.7 Å². The molecule has 3 rings (SSSR count). The summed E-state index contributed by atoms with van der Waals surface area (Å²) in [6.07, 6.45) is 3.21. The standard InChI is InChI=1S/C18H17FN4O3/c1-11-4-5-13(8-14(11)19)9-21-15(24)10-26-18(25)16-12(2)22-23-7-3-6-20-17(16)23/h3-8H,9-10H2,1-2H3,(H,21,24). The van der Waals surface area contributed by atoms with E-state index in [2.05, 4.69) is 15.4 Å². The number of amides is 1. The number of aromatic nitrogens is 3. The summed E-state index contributed by atoms with van der Waals surface area (Å²) in [5.41, 5.74) is 2.20. The van der Waals surface area contributed by atoms with E-state index in [9.17, 15) is 14.0 Å². The highest BCUT2D eigenvalue weighted by Gasteiger charge is 2.20. The summed E-state index contributed by atoms with van der Waals surface area (Å²) in [4.78, 5) is 28.2. The van der Waals surface area contributed by atoms with E-state index in [1.165, 1.54) is 10.6 Å². The lowest BCUT2D eigenvalue weighted by Gasteiger charge is -2.07. The molecular weight excluding hydrogens is 339 g/mol. The third kappa shape index (κ3) is 3.69. The Balaban J connectivity index is 1.57. The van der Waals surface area contributed by atoms with Gasteiger partial charge in [0.1, 0.15) is 11.4 Å². The number of carbonyl (C=O) groups is 2. The fourth-order valence-corrected chi connectivity index (χ4v) is 2.44. The fourth-order valence-electron chi connectivity index (χ4n) is 2.44. The first-order valence-electron chi connectivity index (χ1n) is 7.94. The zero-order chi connectivity index (χ0) is 18.7. The second-order valence-corrected chi connectivity index (χ2v) is 5.78. The highest BCUT2D eigenvalue weighted by atomic mass is 19.1. The lowest BCUT2D eigenvalue weighted by molar-refractivity contribution is -0.124. The number of aryl methyl sites for hydroxylation is 2. The van der Waals surface area contributed by atoms with Crippen molar-refractivity contribution in [1.29, 1.82) is 0 Å². The predicted octanol–water partition coefficient (Wildman–Crippen LogP) is 1.96. The Hall–Kier alpha value is -3.29. The Labute approximate surface area is 148 Å². The van der Waals surface area contributed by atoms with Crippen LogP contribution in [0.4, 0.5) is 4.39 Å². The van der Waals surface area contributed by atoms with E-state index in [0.29, 0.717) is 22.5 Å². The van der Waals surface area contributed by atoms with E-state index in [-0.39, 0.29) is 17.9 Å². The van der Waals surface area contributed by atoms with Crippen LogP contribution in [0, 0.1) is 19.7 Å². The summed E-state index contributed by atoms with van der Waals surface area (Å²) >= 11 is 0. The van der Waals surface area contributed by atoms with Crippen LogP contribution in [0.5, 0.6) is 0 Å². The van der Waals surface area contributed by atoms with Gasteiger partial charge < -0.3 is 10.1 Å². The van der Waals surface area contributed by atoms with Crippen molar-refractivity contribution in [3.8, 4) is 0 Å². The quantitative estimate of drug-likeness (QED) is 0.707. The van der Waals surface area contributed by atoms with E-state index in [1.54, 1.807) is 44.4 Å². The second kappa shape index (κ2) is 7.30. The molecule has 0 aliphatic carbocycles. The third-order valence-corrected chi connectivity index (χ3v) is 3.83. The van der Waals surface area contributed by atoms with Gasteiger partial charge in [0, 0.05) is 18.9 Å². The Morgan fingerprint density at radius 2 is 2.12 bits per heavy atom. The molecule has 134 valence electrons. The lowest BCUT2D eigenvalue weighted by atomic mass is 10.1. The van der Waals surface area contributed by atoms with Crippen LogP contribution >= 0.6 is 0 Å². The van der Waals surface area contributed by atoms with Crippen molar-refractivity contribution in [3.05, 3.63) is 64.9 Å². The minimum Gasteiger partial charge on any atom is -0.452 e. The Morgan fingerprint density at radius 3 is 2.88 bits per heavy atom. The molecule has 1 aromatic carbocycles. The van der Waals surface area contributed by atoms with Crippen LogP contribution in [0.2, 0.25) is 0 Å². The van der Waals surface area contributed by atoms with Gasteiger partial charge >= 0.3 is 5.97 Å². The molecule has 0 saturated heterocycles. The lowest BCUT2D eigenvalue weighted by Crippen LogP contribution is -2.28. The van der Waals surface area contributed by atoms with Crippen molar-refractivity contribution in [2.75, 3.05) is 6.61 Å². The molecule has 26 heavy (non-hydrogen) atoms. The van der Waals surface area contributed by atoms with E-state index in [0.717, 1.165) is 0 Å². The molecule has 0 bridgehead atoms. The Bertz CT molecular complexity index is 984. The summed E-state index contributed by atoms with van der Waals surface area (Å²) in [7, 11) is 0. The zero-order valence-corrected chi connectivity index (χ0v) is 14.3. The van der Waals surface area contributed by atoms with Crippen LogP contribution in [0.3, 0.4) is 0 Å². The molecule has 1 amide bonds. The van der Waals surface area contributed by atoms with Crippen molar-refractivity contribution in [1.82, 2.24) is 19.9 Å². The fraction of sp³-hybridized carbons (Fsp3) is 0.222. The average Bonchev–Trinajstić information content (AvgIpc) is 2.96. The maximum absolute atomic E-state index is 13.5. The molecule has 0 aliphatic heterocycles. The summed E-state index contributed by atoms with van der Waals surface area (Å²) in [6, 6.07) is 6.40. The molecule has 7 nitrogen and oxygen atoms in total. The minimum atomic E-state index is -0.673. The summed E-state index contributed by atoms with van der Waals surface area (Å²) in [6.45, 7) is 3.02. The van der Waals surface area contributed by atoms with Crippen LogP contribution in [-0.4, -0.2) is 33.1 Å². The molecule has 0 fully saturated rings. The molecule has 0 radical (unpaired) electrons. The molecule has 0 atom stereocenters. The van der Waals surface area contributed by atoms with Gasteiger partial charge in [-0.3, -0.25) is 4.79 Å². The molecule has 8 heteroatoms. The van der Waals surface area contributed by atoms with E-state index >= 15 is 0 Å². The summed E-state index contributed by atoms with van der Waals surface area (Å²) < 4.78 is 20.0. The first kappa shape index (κ1) is 17.5. The Morgan fingerprint density at radius 1 is 1.31 bits per heavy atom. The van der Waals surface area contributed by atoms with Gasteiger partial charge in [0.05, 0.1) is 5.69 Å². The summed E-state index contributed by atoms with van der Waals surface area (Å²) in [5.74, 6) is -1.49. The van der Waals surface area contributed by atoms with E-state index in [1.807, 2.05) is 0 Å². The SMILES string of the molecule is Cc1ccc(CNC(=O)COC(=O)c2c(C)nn3cccnc23)cc1F. The Kier molecular flexibility index (Phi) is 4.92. The number of rotatable bonds is 5. The number of nitrogens with zero attached hydrogens (tertiary/aromatic N) is 3. The molecule has 0 saturated carbocycles. The number of halogens is 1. The van der Waals surface area contributed by atoms with Crippen LogP contribution in [0.1, 0.15) is 27.2 Å². The van der Waals surface area contributed by atoms with Gasteiger partial charge in [-0.25, -0.2) is 18.7 Å². The second-order valence-electron chi connectivity index (χ2n) is 5.78. The number of nitrogens with one attached hydrogen (secondary N) is 1. The molecule has 1 N–H and O–H groups in total. The highest BCUT2D eigenvalue weighted by Crippen LogP contribution is 2.14. The predicted molar refractivity (Wildman–Crippen MR) is 91.0 cm³/mol. The average molecular weight is 356 g/mol. The largest absolute Gasteiger partial charge is 0.452 e. The number of hydrogen-bond acceptors (Lipinski definition) is 5.